The lowest BCUT2D eigenvalue weighted by Crippen LogP contribution is -2.20. The molecule has 0 saturated heterocycles. The number of nitrogens with two attached hydrogens (primary N) is 1. The molecule has 0 aliphatic heterocycles. The largest absolute Gasteiger partial charge is 0.387 e. The molecule has 130 valence electrons. The summed E-state index contributed by atoms with van der Waals surface area (Å²) in [7, 11) is 0. The van der Waals surface area contributed by atoms with Crippen LogP contribution >= 0.6 is 12.4 Å². The van der Waals surface area contributed by atoms with Crippen molar-refractivity contribution >= 4 is 18.2 Å². The number of aliphatic imine (C=N–C) groups is 1. The SMILES string of the molecule is CC(C)Cc1ccc(C(C)C(N)=NCCc2ccccc2)cc1.Cl. The highest BCUT2D eigenvalue weighted by molar-refractivity contribution is 5.87. The van der Waals surface area contributed by atoms with E-state index in [1.165, 1.54) is 16.7 Å². The Morgan fingerprint density at radius 2 is 1.54 bits per heavy atom. The highest BCUT2D eigenvalue weighted by Crippen LogP contribution is 2.18. The van der Waals surface area contributed by atoms with Gasteiger partial charge in [0.25, 0.3) is 0 Å². The van der Waals surface area contributed by atoms with E-state index in [1.54, 1.807) is 0 Å². The van der Waals surface area contributed by atoms with Crippen molar-refractivity contribution in [2.45, 2.75) is 39.5 Å². The normalized spacial score (nSPS) is 12.8. The molecule has 0 bridgehead atoms. The second kappa shape index (κ2) is 10.1. The summed E-state index contributed by atoms with van der Waals surface area (Å²) in [5, 5.41) is 0. The molecular weight excluding hydrogens is 316 g/mol. The van der Waals surface area contributed by atoms with Gasteiger partial charge >= 0.3 is 0 Å². The molecule has 0 spiro atoms. The molecule has 0 heterocycles. The number of hydrogen-bond acceptors (Lipinski definition) is 1. The van der Waals surface area contributed by atoms with Crippen LogP contribution in [0.25, 0.3) is 0 Å². The minimum absolute atomic E-state index is 0. The van der Waals surface area contributed by atoms with E-state index in [-0.39, 0.29) is 18.3 Å². The quantitative estimate of drug-likeness (QED) is 0.556. The Kier molecular flexibility index (Phi) is 8.56. The van der Waals surface area contributed by atoms with Gasteiger partial charge in [0.15, 0.2) is 0 Å². The van der Waals surface area contributed by atoms with Crippen LogP contribution in [0, 0.1) is 5.92 Å². The Bertz CT molecular complexity index is 618. The van der Waals surface area contributed by atoms with Gasteiger partial charge in [0, 0.05) is 12.5 Å². The van der Waals surface area contributed by atoms with Crippen molar-refractivity contribution in [2.24, 2.45) is 16.6 Å². The summed E-state index contributed by atoms with van der Waals surface area (Å²) < 4.78 is 0. The molecule has 0 radical (unpaired) electrons. The maximum Gasteiger partial charge on any atom is 0.101 e. The summed E-state index contributed by atoms with van der Waals surface area (Å²) in [6.07, 6.45) is 2.05. The molecule has 24 heavy (non-hydrogen) atoms. The van der Waals surface area contributed by atoms with Gasteiger partial charge in [-0.15, -0.1) is 12.4 Å². The second-order valence-corrected chi connectivity index (χ2v) is 6.60. The van der Waals surface area contributed by atoms with Crippen molar-refractivity contribution in [3.8, 4) is 0 Å². The van der Waals surface area contributed by atoms with Crippen molar-refractivity contribution in [1.82, 2.24) is 0 Å². The Balaban J connectivity index is 0.00000288. The van der Waals surface area contributed by atoms with Crippen molar-refractivity contribution in [3.63, 3.8) is 0 Å². The zero-order chi connectivity index (χ0) is 16.7. The Morgan fingerprint density at radius 1 is 0.917 bits per heavy atom. The van der Waals surface area contributed by atoms with Crippen LogP contribution in [0.3, 0.4) is 0 Å². The molecule has 2 aromatic rings. The van der Waals surface area contributed by atoms with Gasteiger partial charge in [0.1, 0.15) is 5.84 Å². The van der Waals surface area contributed by atoms with Gasteiger partial charge in [-0.1, -0.05) is 75.4 Å². The second-order valence-electron chi connectivity index (χ2n) is 6.60. The first kappa shape index (κ1) is 20.2. The fourth-order valence-corrected chi connectivity index (χ4v) is 2.68. The molecular formula is C21H29ClN2. The lowest BCUT2D eigenvalue weighted by molar-refractivity contribution is 0.647. The van der Waals surface area contributed by atoms with Gasteiger partial charge < -0.3 is 5.73 Å². The van der Waals surface area contributed by atoms with Crippen LogP contribution in [0.2, 0.25) is 0 Å². The predicted octanol–water partition coefficient (Wildman–Crippen LogP) is 5.01. The van der Waals surface area contributed by atoms with Crippen molar-refractivity contribution < 1.29 is 0 Å². The molecule has 0 aromatic heterocycles. The lowest BCUT2D eigenvalue weighted by atomic mass is 9.96. The number of hydrogen-bond donors (Lipinski definition) is 1. The molecule has 0 aliphatic carbocycles. The van der Waals surface area contributed by atoms with Crippen molar-refractivity contribution in [1.29, 1.82) is 0 Å². The van der Waals surface area contributed by atoms with Crippen LogP contribution in [0.5, 0.6) is 0 Å². The van der Waals surface area contributed by atoms with Gasteiger partial charge in [-0.05, 0) is 35.4 Å². The molecule has 0 aliphatic rings. The van der Waals surface area contributed by atoms with Crippen molar-refractivity contribution in [3.05, 3.63) is 71.3 Å². The molecule has 2 nitrogen and oxygen atoms in total. The number of amidine groups is 1. The highest BCUT2D eigenvalue weighted by Gasteiger charge is 2.10. The summed E-state index contributed by atoms with van der Waals surface area (Å²) in [4.78, 5) is 4.56. The molecule has 0 fully saturated rings. The number of benzene rings is 2. The molecule has 1 unspecified atom stereocenters. The Labute approximate surface area is 152 Å². The van der Waals surface area contributed by atoms with Crippen LogP contribution in [-0.4, -0.2) is 12.4 Å². The van der Waals surface area contributed by atoms with Crippen LogP contribution in [-0.2, 0) is 12.8 Å². The predicted molar refractivity (Wildman–Crippen MR) is 107 cm³/mol. The van der Waals surface area contributed by atoms with E-state index in [1.807, 2.05) is 6.07 Å². The fraction of sp³-hybridized carbons (Fsp3) is 0.381. The highest BCUT2D eigenvalue weighted by atomic mass is 35.5. The summed E-state index contributed by atoms with van der Waals surface area (Å²) >= 11 is 0. The number of rotatable bonds is 7. The van der Waals surface area contributed by atoms with Crippen molar-refractivity contribution in [2.75, 3.05) is 6.54 Å². The summed E-state index contributed by atoms with van der Waals surface area (Å²) in [6.45, 7) is 7.35. The maximum atomic E-state index is 6.18. The van der Waals surface area contributed by atoms with E-state index in [0.717, 1.165) is 25.2 Å². The number of nitrogens with zero attached hydrogens (tertiary/aromatic N) is 1. The Morgan fingerprint density at radius 3 is 2.12 bits per heavy atom. The topological polar surface area (TPSA) is 38.4 Å². The third-order valence-corrected chi connectivity index (χ3v) is 4.10. The first-order valence-corrected chi connectivity index (χ1v) is 8.49. The van der Waals surface area contributed by atoms with E-state index in [9.17, 15) is 0 Å². The molecule has 2 aromatic carbocycles. The zero-order valence-corrected chi connectivity index (χ0v) is 15.7. The Hall–Kier alpha value is -1.80. The molecule has 0 amide bonds. The smallest absolute Gasteiger partial charge is 0.101 e. The fourth-order valence-electron chi connectivity index (χ4n) is 2.68. The zero-order valence-electron chi connectivity index (χ0n) is 14.9. The van der Waals surface area contributed by atoms with Gasteiger partial charge in [-0.2, -0.15) is 0 Å². The minimum Gasteiger partial charge on any atom is -0.387 e. The van der Waals surface area contributed by atoms with Crippen LogP contribution in [0.15, 0.2) is 59.6 Å². The van der Waals surface area contributed by atoms with E-state index in [0.29, 0.717) is 5.92 Å². The van der Waals surface area contributed by atoms with E-state index < -0.39 is 0 Å². The van der Waals surface area contributed by atoms with Gasteiger partial charge in [0.2, 0.25) is 0 Å². The first-order chi connectivity index (χ1) is 11.1. The molecule has 0 saturated carbocycles. The van der Waals surface area contributed by atoms with E-state index in [2.05, 4.69) is 74.3 Å². The average Bonchev–Trinajstić information content (AvgIpc) is 2.55. The maximum absolute atomic E-state index is 6.18. The summed E-state index contributed by atoms with van der Waals surface area (Å²) in [5.74, 6) is 1.57. The lowest BCUT2D eigenvalue weighted by Gasteiger charge is -2.13. The van der Waals surface area contributed by atoms with Gasteiger partial charge in [0.05, 0.1) is 0 Å². The van der Waals surface area contributed by atoms with Gasteiger partial charge in [-0.3, -0.25) is 4.99 Å². The summed E-state index contributed by atoms with van der Waals surface area (Å²) in [5.41, 5.74) is 10.1. The molecule has 1 atom stereocenters. The van der Waals surface area contributed by atoms with Crippen LogP contribution in [0.4, 0.5) is 0 Å². The molecule has 2 N–H and O–H groups in total. The molecule has 3 heteroatoms. The summed E-state index contributed by atoms with van der Waals surface area (Å²) in [6, 6.07) is 19.2. The molecule has 2 rings (SSSR count). The average molecular weight is 345 g/mol. The number of halogens is 1. The van der Waals surface area contributed by atoms with Crippen LogP contribution < -0.4 is 5.73 Å². The monoisotopic (exact) mass is 344 g/mol. The van der Waals surface area contributed by atoms with Crippen LogP contribution in [0.1, 0.15) is 43.4 Å². The van der Waals surface area contributed by atoms with E-state index in [4.69, 9.17) is 5.73 Å². The van der Waals surface area contributed by atoms with E-state index >= 15 is 0 Å². The standard InChI is InChI=1S/C21H28N2.ClH/c1-16(2)15-19-9-11-20(12-10-19)17(3)21(22)23-14-13-18-7-5-4-6-8-18;/h4-12,16-17H,13-15H2,1-3H3,(H2,22,23);1H. The first-order valence-electron chi connectivity index (χ1n) is 8.49. The van der Waals surface area contributed by atoms with Gasteiger partial charge in [-0.25, -0.2) is 0 Å². The minimum atomic E-state index is 0. The third kappa shape index (κ3) is 6.37. The third-order valence-electron chi connectivity index (χ3n) is 4.10.